The van der Waals surface area contributed by atoms with Crippen LogP contribution >= 0.6 is 0 Å². The molecule has 1 saturated carbocycles. The van der Waals surface area contributed by atoms with Crippen molar-refractivity contribution in [2.24, 2.45) is 22.7 Å². The fraction of sp³-hybridized carbons (Fsp3) is 0.917. The molecule has 1 rings (SSSR count). The molecule has 0 saturated heterocycles. The van der Waals surface area contributed by atoms with Gasteiger partial charge in [-0.15, -0.1) is 0 Å². The third-order valence-electron chi connectivity index (χ3n) is 3.32. The summed E-state index contributed by atoms with van der Waals surface area (Å²) in [4.78, 5) is 11.3. The van der Waals surface area contributed by atoms with Crippen molar-refractivity contribution in [3.05, 3.63) is 0 Å². The Kier molecular flexibility index (Phi) is 2.34. The molecule has 0 heterocycles. The van der Waals surface area contributed by atoms with E-state index in [1.807, 2.05) is 0 Å². The van der Waals surface area contributed by atoms with Crippen molar-refractivity contribution in [3.63, 3.8) is 0 Å². The predicted molar refractivity (Wildman–Crippen MR) is 55.5 cm³/mol. The molecular weight excluding hydrogens is 160 g/mol. The minimum atomic E-state index is 0.263. The Hall–Kier alpha value is -0.330. The second-order valence-corrected chi connectivity index (χ2v) is 6.28. The van der Waals surface area contributed by atoms with Crippen molar-refractivity contribution in [1.29, 1.82) is 0 Å². The summed E-state index contributed by atoms with van der Waals surface area (Å²) in [7, 11) is 0. The first-order valence-corrected chi connectivity index (χ1v) is 5.17. The number of ketones is 1. The molecule has 0 aromatic heterocycles. The highest BCUT2D eigenvalue weighted by atomic mass is 16.1. The van der Waals surface area contributed by atoms with Crippen LogP contribution in [0.15, 0.2) is 0 Å². The van der Waals surface area contributed by atoms with Gasteiger partial charge in [0.25, 0.3) is 0 Å². The highest BCUT2D eigenvalue weighted by Crippen LogP contribution is 2.62. The van der Waals surface area contributed by atoms with E-state index in [2.05, 4.69) is 34.6 Å². The average Bonchev–Trinajstić information content (AvgIpc) is 2.28. The second kappa shape index (κ2) is 2.83. The highest BCUT2D eigenvalue weighted by molar-refractivity contribution is 5.82. The van der Waals surface area contributed by atoms with Gasteiger partial charge in [-0.05, 0) is 30.1 Å². The quantitative estimate of drug-likeness (QED) is 0.640. The zero-order valence-electron chi connectivity index (χ0n) is 9.77. The Morgan fingerprint density at radius 3 is 2.00 bits per heavy atom. The van der Waals surface area contributed by atoms with E-state index < -0.39 is 0 Å². The number of hydrogen-bond donors (Lipinski definition) is 0. The minimum Gasteiger partial charge on any atom is -0.300 e. The Labute approximate surface area is 81.9 Å². The van der Waals surface area contributed by atoms with Crippen LogP contribution in [0, 0.1) is 22.7 Å². The van der Waals surface area contributed by atoms with Gasteiger partial charge in [-0.1, -0.05) is 34.6 Å². The molecule has 0 aromatic carbocycles. The van der Waals surface area contributed by atoms with Gasteiger partial charge in [-0.2, -0.15) is 0 Å². The van der Waals surface area contributed by atoms with E-state index >= 15 is 0 Å². The first kappa shape index (κ1) is 10.7. The summed E-state index contributed by atoms with van der Waals surface area (Å²) in [6.07, 6.45) is 1.17. The van der Waals surface area contributed by atoms with E-state index in [0.29, 0.717) is 23.0 Å². The summed E-state index contributed by atoms with van der Waals surface area (Å²) in [6, 6.07) is 0. The topological polar surface area (TPSA) is 17.1 Å². The number of rotatable bonds is 2. The van der Waals surface area contributed by atoms with Gasteiger partial charge in [0.05, 0.1) is 0 Å². The van der Waals surface area contributed by atoms with E-state index in [0.717, 1.165) is 0 Å². The smallest absolute Gasteiger partial charge is 0.133 e. The first-order valence-electron chi connectivity index (χ1n) is 5.17. The molecule has 76 valence electrons. The lowest BCUT2D eigenvalue weighted by Gasteiger charge is -2.18. The molecule has 0 aliphatic heterocycles. The predicted octanol–water partition coefficient (Wildman–Crippen LogP) is 3.28. The summed E-state index contributed by atoms with van der Waals surface area (Å²) in [5, 5.41) is 0. The minimum absolute atomic E-state index is 0.263. The number of hydrogen-bond acceptors (Lipinski definition) is 1. The summed E-state index contributed by atoms with van der Waals surface area (Å²) >= 11 is 0. The van der Waals surface area contributed by atoms with Crippen LogP contribution in [0.4, 0.5) is 0 Å². The van der Waals surface area contributed by atoms with Gasteiger partial charge < -0.3 is 0 Å². The van der Waals surface area contributed by atoms with Gasteiger partial charge in [-0.3, -0.25) is 4.79 Å². The second-order valence-electron chi connectivity index (χ2n) is 6.28. The van der Waals surface area contributed by atoms with Crippen LogP contribution < -0.4 is 0 Å². The first-order chi connectivity index (χ1) is 5.66. The zero-order chi connectivity index (χ0) is 10.4. The van der Waals surface area contributed by atoms with Gasteiger partial charge in [0.1, 0.15) is 5.78 Å². The van der Waals surface area contributed by atoms with E-state index in [1.54, 1.807) is 6.92 Å². The van der Waals surface area contributed by atoms with Gasteiger partial charge in [0, 0.05) is 5.92 Å². The van der Waals surface area contributed by atoms with Crippen LogP contribution in [0.5, 0.6) is 0 Å². The molecule has 2 unspecified atom stereocenters. The molecule has 0 bridgehead atoms. The van der Waals surface area contributed by atoms with Crippen molar-refractivity contribution < 1.29 is 4.79 Å². The number of carbonyl (C=O) groups is 1. The van der Waals surface area contributed by atoms with Crippen molar-refractivity contribution in [1.82, 2.24) is 0 Å². The van der Waals surface area contributed by atoms with Gasteiger partial charge >= 0.3 is 0 Å². The van der Waals surface area contributed by atoms with Crippen LogP contribution in [0.1, 0.15) is 48.0 Å². The maximum atomic E-state index is 11.3. The molecule has 1 heteroatoms. The molecule has 2 atom stereocenters. The molecule has 0 amide bonds. The molecular formula is C12H22O. The lowest BCUT2D eigenvalue weighted by Crippen LogP contribution is -2.08. The third kappa shape index (κ3) is 2.12. The summed E-state index contributed by atoms with van der Waals surface area (Å²) < 4.78 is 0. The third-order valence-corrected chi connectivity index (χ3v) is 3.32. The molecule has 0 N–H and O–H groups in total. The summed E-state index contributed by atoms with van der Waals surface area (Å²) in [5.74, 6) is 1.32. The van der Waals surface area contributed by atoms with Gasteiger partial charge in [-0.25, -0.2) is 0 Å². The SMILES string of the molecule is CC(=O)C1C(CC(C)(C)C)C1(C)C. The van der Waals surface area contributed by atoms with Crippen LogP contribution in [0.3, 0.4) is 0 Å². The molecule has 1 aliphatic rings. The Balaban J connectivity index is 2.61. The molecule has 1 nitrogen and oxygen atoms in total. The molecule has 0 radical (unpaired) electrons. The molecule has 1 fully saturated rings. The Morgan fingerprint density at radius 2 is 1.77 bits per heavy atom. The normalized spacial score (nSPS) is 31.5. The molecule has 0 spiro atoms. The Bertz CT molecular complexity index is 220. The van der Waals surface area contributed by atoms with Crippen LogP contribution in [0.25, 0.3) is 0 Å². The van der Waals surface area contributed by atoms with E-state index in [9.17, 15) is 4.79 Å². The monoisotopic (exact) mass is 182 g/mol. The molecule has 13 heavy (non-hydrogen) atoms. The molecule has 0 aromatic rings. The van der Waals surface area contributed by atoms with Crippen molar-refractivity contribution in [2.75, 3.05) is 0 Å². The zero-order valence-corrected chi connectivity index (χ0v) is 9.77. The largest absolute Gasteiger partial charge is 0.300 e. The van der Waals surface area contributed by atoms with Gasteiger partial charge in [0.15, 0.2) is 0 Å². The lowest BCUT2D eigenvalue weighted by molar-refractivity contribution is -0.119. The Morgan fingerprint density at radius 1 is 1.31 bits per heavy atom. The standard InChI is InChI=1S/C12H22O/c1-8(13)10-9(12(10,5)6)7-11(2,3)4/h9-10H,7H2,1-6H3. The maximum absolute atomic E-state index is 11.3. The van der Waals surface area contributed by atoms with Crippen LogP contribution in [0.2, 0.25) is 0 Å². The fourth-order valence-corrected chi connectivity index (χ4v) is 2.59. The number of carbonyl (C=O) groups excluding carboxylic acids is 1. The van der Waals surface area contributed by atoms with E-state index in [4.69, 9.17) is 0 Å². The van der Waals surface area contributed by atoms with Crippen molar-refractivity contribution >= 4 is 5.78 Å². The lowest BCUT2D eigenvalue weighted by atomic mass is 9.87. The van der Waals surface area contributed by atoms with Gasteiger partial charge in [0.2, 0.25) is 0 Å². The van der Waals surface area contributed by atoms with E-state index in [-0.39, 0.29) is 5.41 Å². The van der Waals surface area contributed by atoms with Crippen LogP contribution in [-0.4, -0.2) is 5.78 Å². The summed E-state index contributed by atoms with van der Waals surface area (Å²) in [6.45, 7) is 12.9. The maximum Gasteiger partial charge on any atom is 0.133 e. The molecule has 1 aliphatic carbocycles. The average molecular weight is 182 g/mol. The summed E-state index contributed by atoms with van der Waals surface area (Å²) in [5.41, 5.74) is 0.616. The highest BCUT2D eigenvalue weighted by Gasteiger charge is 2.60. The number of Topliss-reactive ketones (excluding diaryl/α,β-unsaturated/α-hetero) is 1. The van der Waals surface area contributed by atoms with Crippen molar-refractivity contribution in [2.45, 2.75) is 48.0 Å². The van der Waals surface area contributed by atoms with Crippen LogP contribution in [-0.2, 0) is 4.79 Å². The van der Waals surface area contributed by atoms with Crippen molar-refractivity contribution in [3.8, 4) is 0 Å². The fourth-order valence-electron chi connectivity index (χ4n) is 2.59. The van der Waals surface area contributed by atoms with E-state index in [1.165, 1.54) is 6.42 Å².